The van der Waals surface area contributed by atoms with E-state index in [-0.39, 0.29) is 17.1 Å². The quantitative estimate of drug-likeness (QED) is 0.490. The molecule has 0 fully saturated rings. The van der Waals surface area contributed by atoms with Crippen LogP contribution in [0, 0.1) is 18.6 Å². The summed E-state index contributed by atoms with van der Waals surface area (Å²) in [7, 11) is 0. The van der Waals surface area contributed by atoms with Crippen LogP contribution in [-0.4, -0.2) is 21.5 Å². The van der Waals surface area contributed by atoms with Gasteiger partial charge in [-0.25, -0.2) is 18.7 Å². The second-order valence-corrected chi connectivity index (χ2v) is 4.83. The molecule has 0 spiro atoms. The lowest BCUT2D eigenvalue weighted by Gasteiger charge is -2.01. The first-order chi connectivity index (χ1) is 9.06. The highest BCUT2D eigenvalue weighted by molar-refractivity contribution is 7.99. The molecule has 0 atom stereocenters. The van der Waals surface area contributed by atoms with E-state index >= 15 is 0 Å². The van der Waals surface area contributed by atoms with Crippen LogP contribution in [0.5, 0.6) is 0 Å². The normalized spacial score (nSPS) is 10.5. The summed E-state index contributed by atoms with van der Waals surface area (Å²) < 4.78 is 25.7. The van der Waals surface area contributed by atoms with Gasteiger partial charge in [0.1, 0.15) is 0 Å². The van der Waals surface area contributed by atoms with Crippen LogP contribution >= 0.6 is 11.8 Å². The summed E-state index contributed by atoms with van der Waals surface area (Å²) in [5, 5.41) is 0.474. The maximum Gasteiger partial charge on any atom is 0.187 e. The Morgan fingerprint density at radius 3 is 2.53 bits per heavy atom. The molecule has 2 aromatic rings. The minimum absolute atomic E-state index is 0.0775. The zero-order valence-electron chi connectivity index (χ0n) is 10.1. The smallest absolute Gasteiger partial charge is 0.187 e. The number of hydrogen-bond donors (Lipinski definition) is 0. The molecule has 0 amide bonds. The number of nitrogens with zero attached hydrogens (tertiary/aromatic N) is 2. The maximum atomic E-state index is 13.0. The van der Waals surface area contributed by atoms with Crippen molar-refractivity contribution in [1.82, 2.24) is 9.97 Å². The van der Waals surface area contributed by atoms with Gasteiger partial charge in [0.15, 0.2) is 22.6 Å². The van der Waals surface area contributed by atoms with Gasteiger partial charge in [-0.1, -0.05) is 11.8 Å². The molecular weight excluding hydrogens is 270 g/mol. The third kappa shape index (κ3) is 3.57. The molecule has 3 nitrogen and oxygen atoms in total. The van der Waals surface area contributed by atoms with Crippen LogP contribution < -0.4 is 0 Å². The molecule has 0 unspecified atom stereocenters. The van der Waals surface area contributed by atoms with E-state index in [4.69, 9.17) is 0 Å². The standard InChI is InChI=1S/C13H10F2N2OS/c1-8-5-16-13(17-6-8)19-7-12(18)9-2-3-10(14)11(15)4-9/h2-6H,7H2,1H3. The topological polar surface area (TPSA) is 42.9 Å². The van der Waals surface area contributed by atoms with Gasteiger partial charge in [-0.05, 0) is 30.7 Å². The zero-order chi connectivity index (χ0) is 13.8. The SMILES string of the molecule is Cc1cnc(SCC(=O)c2ccc(F)c(F)c2)nc1. The Hall–Kier alpha value is -1.82. The van der Waals surface area contributed by atoms with E-state index in [9.17, 15) is 13.6 Å². The van der Waals surface area contributed by atoms with E-state index in [1.54, 1.807) is 12.4 Å². The van der Waals surface area contributed by atoms with Crippen LogP contribution in [0.15, 0.2) is 35.7 Å². The third-order valence-corrected chi connectivity index (χ3v) is 3.21. The van der Waals surface area contributed by atoms with Crippen LogP contribution in [-0.2, 0) is 0 Å². The van der Waals surface area contributed by atoms with E-state index in [0.717, 1.165) is 29.5 Å². The summed E-state index contributed by atoms with van der Waals surface area (Å²) >= 11 is 1.15. The predicted molar refractivity (Wildman–Crippen MR) is 68.2 cm³/mol. The highest BCUT2D eigenvalue weighted by Crippen LogP contribution is 2.16. The minimum Gasteiger partial charge on any atom is -0.293 e. The first kappa shape index (κ1) is 13.6. The fraction of sp³-hybridized carbons (Fsp3) is 0.154. The zero-order valence-corrected chi connectivity index (χ0v) is 10.9. The molecule has 2 rings (SSSR count). The molecule has 0 aliphatic heterocycles. The average molecular weight is 280 g/mol. The molecule has 0 radical (unpaired) electrons. The molecular formula is C13H10F2N2OS. The maximum absolute atomic E-state index is 13.0. The number of carbonyl (C=O) groups is 1. The summed E-state index contributed by atoms with van der Waals surface area (Å²) in [5.74, 6) is -2.21. The van der Waals surface area contributed by atoms with Gasteiger partial charge < -0.3 is 0 Å². The van der Waals surface area contributed by atoms with Crippen LogP contribution in [0.2, 0.25) is 0 Å². The van der Waals surface area contributed by atoms with Crippen molar-refractivity contribution in [2.24, 2.45) is 0 Å². The molecule has 0 aliphatic carbocycles. The highest BCUT2D eigenvalue weighted by Gasteiger charge is 2.11. The first-order valence-electron chi connectivity index (χ1n) is 5.46. The van der Waals surface area contributed by atoms with Crippen molar-refractivity contribution >= 4 is 17.5 Å². The molecule has 0 saturated heterocycles. The largest absolute Gasteiger partial charge is 0.293 e. The number of aromatic nitrogens is 2. The lowest BCUT2D eigenvalue weighted by atomic mass is 10.1. The monoisotopic (exact) mass is 280 g/mol. The molecule has 1 heterocycles. The van der Waals surface area contributed by atoms with Crippen molar-refractivity contribution in [2.75, 3.05) is 5.75 Å². The lowest BCUT2D eigenvalue weighted by Crippen LogP contribution is -2.04. The number of hydrogen-bond acceptors (Lipinski definition) is 4. The second kappa shape index (κ2) is 5.88. The van der Waals surface area contributed by atoms with E-state index in [0.29, 0.717) is 5.16 Å². The molecule has 0 N–H and O–H groups in total. The number of carbonyl (C=O) groups excluding carboxylic acids is 1. The van der Waals surface area contributed by atoms with Gasteiger partial charge in [-0.15, -0.1) is 0 Å². The summed E-state index contributed by atoms with van der Waals surface area (Å²) in [5.41, 5.74) is 1.06. The van der Waals surface area contributed by atoms with E-state index in [2.05, 4.69) is 9.97 Å². The van der Waals surface area contributed by atoms with Crippen molar-refractivity contribution in [1.29, 1.82) is 0 Å². The Morgan fingerprint density at radius 2 is 1.89 bits per heavy atom. The van der Waals surface area contributed by atoms with E-state index in [1.807, 2.05) is 6.92 Å². The molecule has 19 heavy (non-hydrogen) atoms. The van der Waals surface area contributed by atoms with Crippen LogP contribution in [0.4, 0.5) is 8.78 Å². The summed E-state index contributed by atoms with van der Waals surface area (Å²) in [6.07, 6.45) is 3.30. The average Bonchev–Trinajstić information content (AvgIpc) is 2.41. The number of halogens is 2. The van der Waals surface area contributed by atoms with Gasteiger partial charge in [-0.2, -0.15) is 0 Å². The molecule has 0 aliphatic rings. The number of rotatable bonds is 4. The van der Waals surface area contributed by atoms with Gasteiger partial charge >= 0.3 is 0 Å². The van der Waals surface area contributed by atoms with Gasteiger partial charge in [0.25, 0.3) is 0 Å². The predicted octanol–water partition coefficient (Wildman–Crippen LogP) is 3.04. The fourth-order valence-corrected chi connectivity index (χ4v) is 2.02. The molecule has 0 saturated carbocycles. The van der Waals surface area contributed by atoms with Gasteiger partial charge in [0.05, 0.1) is 5.75 Å². The summed E-state index contributed by atoms with van der Waals surface area (Å²) in [6, 6.07) is 3.10. The number of aryl methyl sites for hydroxylation is 1. The molecule has 0 bridgehead atoms. The Morgan fingerprint density at radius 1 is 1.21 bits per heavy atom. The summed E-state index contributed by atoms with van der Waals surface area (Å²) in [6.45, 7) is 1.86. The number of thioether (sulfide) groups is 1. The minimum atomic E-state index is -1.03. The number of ketones is 1. The van der Waals surface area contributed by atoms with Crippen molar-refractivity contribution < 1.29 is 13.6 Å². The first-order valence-corrected chi connectivity index (χ1v) is 6.44. The Labute approximate surface area is 113 Å². The molecule has 1 aromatic heterocycles. The van der Waals surface area contributed by atoms with Gasteiger partial charge in [0, 0.05) is 18.0 Å². The summed E-state index contributed by atoms with van der Waals surface area (Å²) in [4.78, 5) is 19.9. The van der Waals surface area contributed by atoms with Crippen LogP contribution in [0.25, 0.3) is 0 Å². The van der Waals surface area contributed by atoms with Crippen molar-refractivity contribution in [2.45, 2.75) is 12.1 Å². The van der Waals surface area contributed by atoms with Gasteiger partial charge in [0.2, 0.25) is 0 Å². The number of Topliss-reactive ketones (excluding diaryl/α,β-unsaturated/α-hetero) is 1. The lowest BCUT2D eigenvalue weighted by molar-refractivity contribution is 0.102. The second-order valence-electron chi connectivity index (χ2n) is 3.88. The van der Waals surface area contributed by atoms with Crippen molar-refractivity contribution in [3.63, 3.8) is 0 Å². The van der Waals surface area contributed by atoms with E-state index in [1.165, 1.54) is 6.07 Å². The molecule has 6 heteroatoms. The Kier molecular flexibility index (Phi) is 4.21. The van der Waals surface area contributed by atoms with Crippen molar-refractivity contribution in [3.8, 4) is 0 Å². The van der Waals surface area contributed by atoms with Gasteiger partial charge in [-0.3, -0.25) is 4.79 Å². The third-order valence-electron chi connectivity index (χ3n) is 2.33. The highest BCUT2D eigenvalue weighted by atomic mass is 32.2. The van der Waals surface area contributed by atoms with Crippen molar-refractivity contribution in [3.05, 3.63) is 53.4 Å². The Balaban J connectivity index is 2.01. The van der Waals surface area contributed by atoms with E-state index < -0.39 is 11.6 Å². The van der Waals surface area contributed by atoms with Crippen LogP contribution in [0.1, 0.15) is 15.9 Å². The molecule has 1 aromatic carbocycles. The number of benzene rings is 1. The Bertz CT molecular complexity index is 602. The van der Waals surface area contributed by atoms with Crippen LogP contribution in [0.3, 0.4) is 0 Å². The molecule has 98 valence electrons. The fourth-order valence-electron chi connectivity index (χ4n) is 1.34.